The Balaban J connectivity index is 1.93. The molecule has 1 atom stereocenters. The Bertz CT molecular complexity index is 651. The van der Waals surface area contributed by atoms with Crippen LogP contribution in [0.4, 0.5) is 4.79 Å². The number of amides is 1. The van der Waals surface area contributed by atoms with E-state index in [1.165, 1.54) is 4.90 Å². The standard InChI is InChI=1S/C17H25NO5S/c1-17(2,3)23-16(19)18-9-10-22-15(11-18)13-24(20,21)12-14-7-5-4-6-8-14/h4-8,15H,9-13H2,1-3H3/t15-/m0/s1. The Morgan fingerprint density at radius 2 is 1.96 bits per heavy atom. The summed E-state index contributed by atoms with van der Waals surface area (Å²) in [5.74, 6) is -0.138. The highest BCUT2D eigenvalue weighted by Crippen LogP contribution is 2.15. The smallest absolute Gasteiger partial charge is 0.410 e. The molecule has 1 amide bonds. The second kappa shape index (κ2) is 7.53. The fourth-order valence-corrected chi connectivity index (χ4v) is 4.07. The molecule has 24 heavy (non-hydrogen) atoms. The fourth-order valence-electron chi connectivity index (χ4n) is 2.48. The van der Waals surface area contributed by atoms with Crippen molar-refractivity contribution in [3.05, 3.63) is 35.9 Å². The molecule has 0 unspecified atom stereocenters. The topological polar surface area (TPSA) is 72.9 Å². The summed E-state index contributed by atoms with van der Waals surface area (Å²) in [7, 11) is -3.32. The van der Waals surface area contributed by atoms with Crippen LogP contribution in [0.15, 0.2) is 30.3 Å². The zero-order valence-corrected chi connectivity index (χ0v) is 15.2. The van der Waals surface area contributed by atoms with Crippen LogP contribution in [0.5, 0.6) is 0 Å². The van der Waals surface area contributed by atoms with Crippen molar-refractivity contribution in [1.82, 2.24) is 4.90 Å². The molecule has 7 heteroatoms. The summed E-state index contributed by atoms with van der Waals surface area (Å²) in [6.45, 7) is 6.34. The van der Waals surface area contributed by atoms with Crippen LogP contribution in [0.3, 0.4) is 0 Å². The number of rotatable bonds is 4. The van der Waals surface area contributed by atoms with Crippen LogP contribution in [0.1, 0.15) is 26.3 Å². The SMILES string of the molecule is CC(C)(C)OC(=O)N1CCO[C@H](CS(=O)(=O)Cc2ccccc2)C1. The molecule has 0 saturated carbocycles. The minimum atomic E-state index is -3.32. The average Bonchev–Trinajstić information content (AvgIpc) is 2.45. The van der Waals surface area contributed by atoms with Crippen LogP contribution in [0.25, 0.3) is 0 Å². The molecule has 1 saturated heterocycles. The lowest BCUT2D eigenvalue weighted by atomic mass is 10.2. The monoisotopic (exact) mass is 355 g/mol. The van der Waals surface area contributed by atoms with Gasteiger partial charge in [0.15, 0.2) is 9.84 Å². The van der Waals surface area contributed by atoms with Gasteiger partial charge in [0, 0.05) is 6.54 Å². The van der Waals surface area contributed by atoms with Crippen LogP contribution in [0, 0.1) is 0 Å². The van der Waals surface area contributed by atoms with Crippen molar-refractivity contribution >= 4 is 15.9 Å². The summed E-state index contributed by atoms with van der Waals surface area (Å²) < 4.78 is 35.6. The highest BCUT2D eigenvalue weighted by molar-refractivity contribution is 7.90. The lowest BCUT2D eigenvalue weighted by Gasteiger charge is -2.34. The summed E-state index contributed by atoms with van der Waals surface area (Å²) in [5, 5.41) is 0. The minimum Gasteiger partial charge on any atom is -0.444 e. The molecule has 1 aromatic rings. The van der Waals surface area contributed by atoms with Gasteiger partial charge in [-0.25, -0.2) is 13.2 Å². The van der Waals surface area contributed by atoms with Gasteiger partial charge < -0.3 is 14.4 Å². The number of carbonyl (C=O) groups is 1. The normalized spacial score (nSPS) is 19.1. The molecule has 1 fully saturated rings. The van der Waals surface area contributed by atoms with Crippen LogP contribution >= 0.6 is 0 Å². The number of carbonyl (C=O) groups excluding carboxylic acids is 1. The highest BCUT2D eigenvalue weighted by atomic mass is 32.2. The molecule has 1 aliphatic heterocycles. The first-order chi connectivity index (χ1) is 11.1. The molecule has 2 rings (SSSR count). The van der Waals surface area contributed by atoms with Crippen LogP contribution in [-0.4, -0.2) is 56.6 Å². The van der Waals surface area contributed by atoms with Gasteiger partial charge in [0.1, 0.15) is 5.60 Å². The summed E-state index contributed by atoms with van der Waals surface area (Å²) in [6.07, 6.45) is -0.962. The van der Waals surface area contributed by atoms with Gasteiger partial charge >= 0.3 is 6.09 Å². The number of hydrogen-bond acceptors (Lipinski definition) is 5. The number of ether oxygens (including phenoxy) is 2. The van der Waals surface area contributed by atoms with Crippen LogP contribution in [-0.2, 0) is 25.1 Å². The predicted molar refractivity (Wildman–Crippen MR) is 91.5 cm³/mol. The first kappa shape index (κ1) is 18.7. The zero-order valence-electron chi connectivity index (χ0n) is 14.4. The second-order valence-corrected chi connectivity index (χ2v) is 9.07. The van der Waals surface area contributed by atoms with E-state index < -0.39 is 27.6 Å². The summed E-state index contributed by atoms with van der Waals surface area (Å²) in [5.41, 5.74) is 0.168. The van der Waals surface area contributed by atoms with Crippen molar-refractivity contribution in [1.29, 1.82) is 0 Å². The third-order valence-corrected chi connectivity index (χ3v) is 5.11. The number of nitrogens with zero attached hydrogens (tertiary/aromatic N) is 1. The number of morpholine rings is 1. The van der Waals surface area contributed by atoms with E-state index in [0.717, 1.165) is 5.56 Å². The van der Waals surface area contributed by atoms with Crippen LogP contribution in [0.2, 0.25) is 0 Å². The molecule has 0 aromatic heterocycles. The number of hydrogen-bond donors (Lipinski definition) is 0. The molecule has 134 valence electrons. The van der Waals surface area contributed by atoms with E-state index in [-0.39, 0.29) is 18.1 Å². The molecule has 1 heterocycles. The molecular weight excluding hydrogens is 330 g/mol. The van der Waals surface area contributed by atoms with E-state index in [0.29, 0.717) is 13.2 Å². The third-order valence-electron chi connectivity index (χ3n) is 3.46. The van der Waals surface area contributed by atoms with Gasteiger partial charge in [-0.15, -0.1) is 0 Å². The lowest BCUT2D eigenvalue weighted by molar-refractivity contribution is -0.0342. The van der Waals surface area contributed by atoms with Crippen molar-refractivity contribution < 1.29 is 22.7 Å². The molecule has 0 radical (unpaired) electrons. The fraction of sp³-hybridized carbons (Fsp3) is 0.588. The van der Waals surface area contributed by atoms with E-state index in [1.807, 2.05) is 18.2 Å². The van der Waals surface area contributed by atoms with Gasteiger partial charge in [-0.2, -0.15) is 0 Å². The first-order valence-electron chi connectivity index (χ1n) is 7.98. The van der Waals surface area contributed by atoms with Gasteiger partial charge in [-0.1, -0.05) is 30.3 Å². The summed E-state index contributed by atoms with van der Waals surface area (Å²) in [6, 6.07) is 9.04. The largest absolute Gasteiger partial charge is 0.444 e. The van der Waals surface area contributed by atoms with Crippen LogP contribution < -0.4 is 0 Å². The van der Waals surface area contributed by atoms with Crippen molar-refractivity contribution in [2.45, 2.75) is 38.2 Å². The average molecular weight is 355 g/mol. The molecule has 6 nitrogen and oxygen atoms in total. The summed E-state index contributed by atoms with van der Waals surface area (Å²) in [4.78, 5) is 13.6. The molecule has 0 aliphatic carbocycles. The van der Waals surface area contributed by atoms with Crippen molar-refractivity contribution in [3.8, 4) is 0 Å². The highest BCUT2D eigenvalue weighted by Gasteiger charge is 2.30. The zero-order chi connectivity index (χ0) is 17.8. The van der Waals surface area contributed by atoms with Gasteiger partial charge in [-0.3, -0.25) is 0 Å². The first-order valence-corrected chi connectivity index (χ1v) is 9.81. The molecule has 0 bridgehead atoms. The molecule has 0 spiro atoms. The van der Waals surface area contributed by atoms with E-state index in [2.05, 4.69) is 0 Å². The van der Waals surface area contributed by atoms with Crippen molar-refractivity contribution in [2.24, 2.45) is 0 Å². The molecule has 1 aromatic carbocycles. The lowest BCUT2D eigenvalue weighted by Crippen LogP contribution is -2.49. The van der Waals surface area contributed by atoms with E-state index in [1.54, 1.807) is 32.9 Å². The minimum absolute atomic E-state index is 0.0276. The Hall–Kier alpha value is -1.60. The van der Waals surface area contributed by atoms with Crippen molar-refractivity contribution in [2.75, 3.05) is 25.4 Å². The maximum absolute atomic E-state index is 12.4. The van der Waals surface area contributed by atoms with Gasteiger partial charge in [-0.05, 0) is 26.3 Å². The van der Waals surface area contributed by atoms with Gasteiger partial charge in [0.25, 0.3) is 0 Å². The summed E-state index contributed by atoms with van der Waals surface area (Å²) >= 11 is 0. The van der Waals surface area contributed by atoms with Gasteiger partial charge in [0.05, 0.1) is 30.8 Å². The molecule has 0 N–H and O–H groups in total. The molecular formula is C17H25NO5S. The quantitative estimate of drug-likeness (QED) is 0.828. The third kappa shape index (κ3) is 6.13. The Morgan fingerprint density at radius 1 is 1.29 bits per heavy atom. The Morgan fingerprint density at radius 3 is 2.58 bits per heavy atom. The Kier molecular flexibility index (Phi) is 5.87. The Labute approximate surface area is 143 Å². The number of benzene rings is 1. The van der Waals surface area contributed by atoms with Gasteiger partial charge in [0.2, 0.25) is 0 Å². The van der Waals surface area contributed by atoms with E-state index >= 15 is 0 Å². The van der Waals surface area contributed by atoms with Crippen molar-refractivity contribution in [3.63, 3.8) is 0 Å². The maximum atomic E-state index is 12.4. The second-order valence-electron chi connectivity index (χ2n) is 6.96. The van der Waals surface area contributed by atoms with E-state index in [9.17, 15) is 13.2 Å². The molecule has 1 aliphatic rings. The maximum Gasteiger partial charge on any atom is 0.410 e. The van der Waals surface area contributed by atoms with E-state index in [4.69, 9.17) is 9.47 Å². The number of sulfone groups is 1. The predicted octanol–water partition coefficient (Wildman–Crippen LogP) is 2.24.